The standard InChI is InChI=1S/C13H26N2/c1-4-12(11-6-7-11)14-10-13(15(2)3)8-5-9-13/h11-12,14H,4-10H2,1-3H3. The molecule has 0 amide bonds. The molecule has 0 aromatic heterocycles. The molecule has 2 saturated carbocycles. The number of rotatable bonds is 6. The van der Waals surface area contributed by atoms with Crippen LogP contribution in [0.3, 0.4) is 0 Å². The Kier molecular flexibility index (Phi) is 3.36. The van der Waals surface area contributed by atoms with Crippen molar-refractivity contribution in [3.05, 3.63) is 0 Å². The van der Waals surface area contributed by atoms with Crippen molar-refractivity contribution in [2.45, 2.75) is 57.0 Å². The first kappa shape index (κ1) is 11.4. The molecular formula is C13H26N2. The molecule has 0 aromatic carbocycles. The summed E-state index contributed by atoms with van der Waals surface area (Å²) in [6.07, 6.45) is 8.40. The van der Waals surface area contributed by atoms with Gasteiger partial charge < -0.3 is 10.2 Å². The van der Waals surface area contributed by atoms with Crippen LogP contribution in [0.5, 0.6) is 0 Å². The van der Waals surface area contributed by atoms with Gasteiger partial charge in [-0.05, 0) is 58.5 Å². The summed E-state index contributed by atoms with van der Waals surface area (Å²) < 4.78 is 0. The van der Waals surface area contributed by atoms with Gasteiger partial charge in [-0.15, -0.1) is 0 Å². The van der Waals surface area contributed by atoms with E-state index in [1.54, 1.807) is 0 Å². The van der Waals surface area contributed by atoms with Gasteiger partial charge in [0, 0.05) is 18.1 Å². The van der Waals surface area contributed by atoms with Gasteiger partial charge in [0.15, 0.2) is 0 Å². The lowest BCUT2D eigenvalue weighted by Crippen LogP contribution is -2.57. The Labute approximate surface area is 94.4 Å². The highest BCUT2D eigenvalue weighted by molar-refractivity contribution is 4.99. The molecule has 2 aliphatic rings. The first-order chi connectivity index (χ1) is 7.18. The molecule has 88 valence electrons. The van der Waals surface area contributed by atoms with Crippen LogP contribution >= 0.6 is 0 Å². The Bertz CT molecular complexity index is 205. The average molecular weight is 210 g/mol. The quantitative estimate of drug-likeness (QED) is 0.723. The number of hydrogen-bond donors (Lipinski definition) is 1. The molecule has 1 atom stereocenters. The van der Waals surface area contributed by atoms with Gasteiger partial charge in [0.1, 0.15) is 0 Å². The Morgan fingerprint density at radius 2 is 2.00 bits per heavy atom. The van der Waals surface area contributed by atoms with Crippen LogP contribution in [0.1, 0.15) is 45.4 Å². The highest BCUT2D eigenvalue weighted by Gasteiger charge is 2.40. The van der Waals surface area contributed by atoms with E-state index in [1.165, 1.54) is 45.1 Å². The zero-order valence-electron chi connectivity index (χ0n) is 10.6. The Morgan fingerprint density at radius 3 is 2.33 bits per heavy atom. The zero-order valence-corrected chi connectivity index (χ0v) is 10.6. The molecule has 0 radical (unpaired) electrons. The third-order valence-electron chi connectivity index (χ3n) is 4.56. The van der Waals surface area contributed by atoms with Crippen molar-refractivity contribution in [2.75, 3.05) is 20.6 Å². The topological polar surface area (TPSA) is 15.3 Å². The summed E-state index contributed by atoms with van der Waals surface area (Å²) in [7, 11) is 4.47. The van der Waals surface area contributed by atoms with Crippen LogP contribution in [-0.2, 0) is 0 Å². The molecule has 0 aliphatic heterocycles. The molecule has 1 unspecified atom stereocenters. The lowest BCUT2D eigenvalue weighted by atomic mass is 9.75. The summed E-state index contributed by atoms with van der Waals surface area (Å²) in [5.41, 5.74) is 0.488. The molecule has 0 spiro atoms. The van der Waals surface area contributed by atoms with Gasteiger partial charge in [-0.2, -0.15) is 0 Å². The van der Waals surface area contributed by atoms with Crippen molar-refractivity contribution in [1.82, 2.24) is 10.2 Å². The molecule has 0 heterocycles. The molecule has 2 aliphatic carbocycles. The summed E-state index contributed by atoms with van der Waals surface area (Å²) in [5.74, 6) is 0.995. The number of likely N-dealkylation sites (N-methyl/N-ethyl adjacent to an activating group) is 1. The maximum Gasteiger partial charge on any atom is 0.0328 e. The minimum absolute atomic E-state index is 0.488. The van der Waals surface area contributed by atoms with E-state index in [0.29, 0.717) is 5.54 Å². The van der Waals surface area contributed by atoms with Crippen LogP contribution in [0.25, 0.3) is 0 Å². The first-order valence-electron chi connectivity index (χ1n) is 6.59. The van der Waals surface area contributed by atoms with E-state index >= 15 is 0 Å². The fourth-order valence-electron chi connectivity index (χ4n) is 2.83. The second-order valence-corrected chi connectivity index (χ2v) is 5.71. The maximum absolute atomic E-state index is 3.81. The predicted octanol–water partition coefficient (Wildman–Crippen LogP) is 2.25. The van der Waals surface area contributed by atoms with E-state index in [0.717, 1.165) is 12.0 Å². The van der Waals surface area contributed by atoms with Crippen molar-refractivity contribution in [3.63, 3.8) is 0 Å². The average Bonchev–Trinajstić information content (AvgIpc) is 2.92. The van der Waals surface area contributed by atoms with E-state index in [-0.39, 0.29) is 0 Å². The van der Waals surface area contributed by atoms with Crippen LogP contribution < -0.4 is 5.32 Å². The van der Waals surface area contributed by atoms with E-state index in [2.05, 4.69) is 31.2 Å². The molecule has 1 N–H and O–H groups in total. The van der Waals surface area contributed by atoms with E-state index in [1.807, 2.05) is 0 Å². The summed E-state index contributed by atoms with van der Waals surface area (Å²) in [4.78, 5) is 2.43. The van der Waals surface area contributed by atoms with Gasteiger partial charge in [-0.25, -0.2) is 0 Å². The van der Waals surface area contributed by atoms with Crippen molar-refractivity contribution in [1.29, 1.82) is 0 Å². The summed E-state index contributed by atoms with van der Waals surface area (Å²) in [6.45, 7) is 3.52. The van der Waals surface area contributed by atoms with Gasteiger partial charge in [-0.3, -0.25) is 0 Å². The monoisotopic (exact) mass is 210 g/mol. The SMILES string of the molecule is CCC(NCC1(N(C)C)CCC1)C1CC1. The normalized spacial score (nSPS) is 26.4. The van der Waals surface area contributed by atoms with Crippen LogP contribution in [0.15, 0.2) is 0 Å². The predicted molar refractivity (Wildman–Crippen MR) is 65.1 cm³/mol. The van der Waals surface area contributed by atoms with Crippen LogP contribution in [0.4, 0.5) is 0 Å². The second kappa shape index (κ2) is 4.42. The summed E-state index contributed by atoms with van der Waals surface area (Å²) in [5, 5.41) is 3.81. The summed E-state index contributed by atoms with van der Waals surface area (Å²) >= 11 is 0. The molecule has 0 aromatic rings. The van der Waals surface area contributed by atoms with E-state index < -0.39 is 0 Å². The molecule has 2 heteroatoms. The smallest absolute Gasteiger partial charge is 0.0328 e. The van der Waals surface area contributed by atoms with Crippen molar-refractivity contribution < 1.29 is 0 Å². The number of hydrogen-bond acceptors (Lipinski definition) is 2. The zero-order chi connectivity index (χ0) is 10.9. The van der Waals surface area contributed by atoms with Crippen LogP contribution in [-0.4, -0.2) is 37.1 Å². The fourth-order valence-corrected chi connectivity index (χ4v) is 2.83. The fraction of sp³-hybridized carbons (Fsp3) is 1.00. The van der Waals surface area contributed by atoms with Crippen LogP contribution in [0, 0.1) is 5.92 Å². The van der Waals surface area contributed by atoms with Crippen molar-refractivity contribution >= 4 is 0 Å². The largest absolute Gasteiger partial charge is 0.312 e. The molecule has 2 rings (SSSR count). The lowest BCUT2D eigenvalue weighted by Gasteiger charge is -2.48. The van der Waals surface area contributed by atoms with Gasteiger partial charge in [0.05, 0.1) is 0 Å². The van der Waals surface area contributed by atoms with E-state index in [4.69, 9.17) is 0 Å². The van der Waals surface area contributed by atoms with Gasteiger partial charge in [0.2, 0.25) is 0 Å². The third-order valence-corrected chi connectivity index (χ3v) is 4.56. The van der Waals surface area contributed by atoms with Gasteiger partial charge >= 0.3 is 0 Å². The molecule has 0 bridgehead atoms. The Balaban J connectivity index is 1.79. The first-order valence-corrected chi connectivity index (χ1v) is 6.59. The minimum atomic E-state index is 0.488. The number of nitrogens with one attached hydrogen (secondary N) is 1. The van der Waals surface area contributed by atoms with Crippen LogP contribution in [0.2, 0.25) is 0 Å². The summed E-state index contributed by atoms with van der Waals surface area (Å²) in [6, 6.07) is 0.794. The maximum atomic E-state index is 3.81. The highest BCUT2D eigenvalue weighted by Crippen LogP contribution is 2.37. The molecular weight excluding hydrogens is 184 g/mol. The van der Waals surface area contributed by atoms with E-state index in [9.17, 15) is 0 Å². The minimum Gasteiger partial charge on any atom is -0.312 e. The molecule has 0 saturated heterocycles. The third kappa shape index (κ3) is 2.36. The van der Waals surface area contributed by atoms with Gasteiger partial charge in [-0.1, -0.05) is 6.92 Å². The lowest BCUT2D eigenvalue weighted by molar-refractivity contribution is 0.0561. The Morgan fingerprint density at radius 1 is 1.33 bits per heavy atom. The molecule has 2 fully saturated rings. The second-order valence-electron chi connectivity index (χ2n) is 5.71. The molecule has 15 heavy (non-hydrogen) atoms. The van der Waals surface area contributed by atoms with Crippen molar-refractivity contribution in [2.24, 2.45) is 5.92 Å². The van der Waals surface area contributed by atoms with Gasteiger partial charge in [0.25, 0.3) is 0 Å². The highest BCUT2D eigenvalue weighted by atomic mass is 15.2. The number of nitrogens with zero attached hydrogens (tertiary/aromatic N) is 1. The Hall–Kier alpha value is -0.0800. The molecule has 2 nitrogen and oxygen atoms in total. The van der Waals surface area contributed by atoms with Crippen molar-refractivity contribution in [3.8, 4) is 0 Å².